The summed E-state index contributed by atoms with van der Waals surface area (Å²) >= 11 is 6.02. The minimum atomic E-state index is -4.53. The fourth-order valence-corrected chi connectivity index (χ4v) is 3.95. The Morgan fingerprint density at radius 3 is 2.30 bits per heavy atom. The molecule has 3 heterocycles. The molecular weight excluding hydrogens is 463 g/mol. The van der Waals surface area contributed by atoms with E-state index in [1.165, 1.54) is 5.01 Å². The predicted octanol–water partition coefficient (Wildman–Crippen LogP) is 2.87. The molecule has 12 heteroatoms. The maximum atomic E-state index is 12.9. The first-order chi connectivity index (χ1) is 15.6. The highest BCUT2D eigenvalue weighted by molar-refractivity contribution is 6.33. The van der Waals surface area contributed by atoms with E-state index in [0.29, 0.717) is 37.4 Å². The van der Waals surface area contributed by atoms with Crippen LogP contribution in [0.1, 0.15) is 28.8 Å². The van der Waals surface area contributed by atoms with Crippen LogP contribution in [0.2, 0.25) is 5.02 Å². The number of pyridine rings is 1. The number of nitrogens with one attached hydrogen (secondary N) is 1. The molecule has 0 radical (unpaired) electrons. The third kappa shape index (κ3) is 4.87. The lowest BCUT2D eigenvalue weighted by molar-refractivity contribution is -0.137. The van der Waals surface area contributed by atoms with Gasteiger partial charge in [0.05, 0.1) is 16.3 Å². The lowest BCUT2D eigenvalue weighted by Crippen LogP contribution is -2.50. The van der Waals surface area contributed by atoms with Crippen LogP contribution in [-0.2, 0) is 15.8 Å². The summed E-state index contributed by atoms with van der Waals surface area (Å²) in [7, 11) is 0. The SMILES string of the molecule is O=C1CCC(=O)N(c2ccc(C(=O)N3CCN(c4ncc(C(F)(F)F)cc4Cl)CC3)cc2)N1. The Labute approximate surface area is 191 Å². The number of alkyl halides is 3. The van der Waals surface area contributed by atoms with Crippen molar-refractivity contribution < 1.29 is 27.6 Å². The molecule has 0 atom stereocenters. The molecule has 33 heavy (non-hydrogen) atoms. The molecule has 2 fully saturated rings. The summed E-state index contributed by atoms with van der Waals surface area (Å²) in [6.45, 7) is 1.38. The summed E-state index contributed by atoms with van der Waals surface area (Å²) in [6, 6.07) is 7.16. The van der Waals surface area contributed by atoms with Crippen molar-refractivity contribution in [3.05, 3.63) is 52.7 Å². The quantitative estimate of drug-likeness (QED) is 0.728. The Kier molecular flexibility index (Phi) is 6.15. The van der Waals surface area contributed by atoms with Gasteiger partial charge in [-0.15, -0.1) is 0 Å². The highest BCUT2D eigenvalue weighted by atomic mass is 35.5. The molecule has 2 saturated heterocycles. The van der Waals surface area contributed by atoms with Crippen LogP contribution >= 0.6 is 11.6 Å². The van der Waals surface area contributed by atoms with Crippen LogP contribution < -0.4 is 15.3 Å². The van der Waals surface area contributed by atoms with Gasteiger partial charge in [-0.05, 0) is 30.3 Å². The number of benzene rings is 1. The van der Waals surface area contributed by atoms with Gasteiger partial charge in [0, 0.05) is 50.8 Å². The Hall–Kier alpha value is -3.34. The van der Waals surface area contributed by atoms with Gasteiger partial charge in [-0.1, -0.05) is 11.6 Å². The molecule has 0 saturated carbocycles. The molecule has 174 valence electrons. The van der Waals surface area contributed by atoms with Crippen molar-refractivity contribution in [1.29, 1.82) is 0 Å². The number of rotatable bonds is 3. The summed E-state index contributed by atoms with van der Waals surface area (Å²) in [5.41, 5.74) is 2.45. The Bertz CT molecular complexity index is 1090. The van der Waals surface area contributed by atoms with Gasteiger partial charge in [-0.3, -0.25) is 19.8 Å². The van der Waals surface area contributed by atoms with E-state index in [9.17, 15) is 27.6 Å². The molecule has 0 unspecified atom stereocenters. The number of hydrazine groups is 1. The largest absolute Gasteiger partial charge is 0.417 e. The Balaban J connectivity index is 1.38. The predicted molar refractivity (Wildman–Crippen MR) is 114 cm³/mol. The summed E-state index contributed by atoms with van der Waals surface area (Å²) in [4.78, 5) is 43.6. The number of nitrogens with zero attached hydrogens (tertiary/aromatic N) is 4. The van der Waals surface area contributed by atoms with Crippen LogP contribution in [-0.4, -0.2) is 53.8 Å². The normalized spacial score (nSPS) is 17.3. The van der Waals surface area contributed by atoms with E-state index in [2.05, 4.69) is 10.4 Å². The van der Waals surface area contributed by atoms with Gasteiger partial charge in [-0.2, -0.15) is 13.2 Å². The van der Waals surface area contributed by atoms with Crippen molar-refractivity contribution in [1.82, 2.24) is 15.3 Å². The molecule has 0 spiro atoms. The van der Waals surface area contributed by atoms with Crippen molar-refractivity contribution >= 4 is 40.8 Å². The third-order valence-electron chi connectivity index (χ3n) is 5.44. The fourth-order valence-electron chi connectivity index (χ4n) is 3.66. The van der Waals surface area contributed by atoms with Gasteiger partial charge in [0.15, 0.2) is 0 Å². The molecule has 3 amide bonds. The first-order valence-electron chi connectivity index (χ1n) is 10.1. The molecule has 2 aromatic rings. The smallest absolute Gasteiger partial charge is 0.352 e. The number of aromatic nitrogens is 1. The number of amides is 3. The number of piperazine rings is 1. The first-order valence-corrected chi connectivity index (χ1v) is 10.5. The maximum absolute atomic E-state index is 12.9. The van der Waals surface area contributed by atoms with Crippen LogP contribution in [0.5, 0.6) is 0 Å². The van der Waals surface area contributed by atoms with Crippen molar-refractivity contribution in [3.8, 4) is 0 Å². The number of hydrogen-bond acceptors (Lipinski definition) is 5. The molecule has 2 aliphatic rings. The standard InChI is InChI=1S/C21H19ClF3N5O3/c22-16-11-14(21(23,24)25)12-26-19(16)28-7-9-29(10-8-28)20(33)13-1-3-15(4-2-13)30-18(32)6-5-17(31)27-30/h1-4,11-12H,5-10H2,(H,27,31). The molecule has 0 aliphatic carbocycles. The molecule has 1 aromatic carbocycles. The van der Waals surface area contributed by atoms with Gasteiger partial charge in [0.25, 0.3) is 5.91 Å². The van der Waals surface area contributed by atoms with E-state index in [-0.39, 0.29) is 41.4 Å². The average molecular weight is 482 g/mol. The van der Waals surface area contributed by atoms with Crippen LogP contribution in [0.3, 0.4) is 0 Å². The highest BCUT2D eigenvalue weighted by Crippen LogP contribution is 2.33. The number of halogens is 4. The lowest BCUT2D eigenvalue weighted by atomic mass is 10.1. The van der Waals surface area contributed by atoms with E-state index in [4.69, 9.17) is 11.6 Å². The zero-order valence-electron chi connectivity index (χ0n) is 17.2. The third-order valence-corrected chi connectivity index (χ3v) is 5.72. The molecule has 0 bridgehead atoms. The summed E-state index contributed by atoms with van der Waals surface area (Å²) in [5.74, 6) is -0.466. The van der Waals surface area contributed by atoms with Crippen molar-refractivity contribution in [2.45, 2.75) is 19.0 Å². The Morgan fingerprint density at radius 2 is 1.70 bits per heavy atom. The van der Waals surface area contributed by atoms with Gasteiger partial charge in [0.1, 0.15) is 5.82 Å². The lowest BCUT2D eigenvalue weighted by Gasteiger charge is -2.36. The van der Waals surface area contributed by atoms with Crippen molar-refractivity contribution in [3.63, 3.8) is 0 Å². The van der Waals surface area contributed by atoms with Crippen molar-refractivity contribution in [2.24, 2.45) is 0 Å². The summed E-state index contributed by atoms with van der Waals surface area (Å²) < 4.78 is 38.4. The minimum absolute atomic E-state index is 0.0976. The summed E-state index contributed by atoms with van der Waals surface area (Å²) in [5, 5.41) is 1.07. The molecular formula is C21H19ClF3N5O3. The van der Waals surface area contributed by atoms with E-state index in [0.717, 1.165) is 12.3 Å². The molecule has 2 aliphatic heterocycles. The minimum Gasteiger partial charge on any atom is -0.352 e. The van der Waals surface area contributed by atoms with E-state index in [1.807, 2.05) is 0 Å². The van der Waals surface area contributed by atoms with Gasteiger partial charge in [0.2, 0.25) is 11.8 Å². The second kappa shape index (κ2) is 8.89. The first kappa shape index (κ1) is 22.8. The van der Waals surface area contributed by atoms with E-state index >= 15 is 0 Å². The van der Waals surface area contributed by atoms with Crippen LogP contribution in [0, 0.1) is 0 Å². The zero-order valence-corrected chi connectivity index (χ0v) is 18.0. The molecule has 4 rings (SSSR count). The Morgan fingerprint density at radius 1 is 1.03 bits per heavy atom. The molecule has 8 nitrogen and oxygen atoms in total. The van der Waals surface area contributed by atoms with Crippen molar-refractivity contribution in [2.75, 3.05) is 36.1 Å². The van der Waals surface area contributed by atoms with Crippen LogP contribution in [0.25, 0.3) is 0 Å². The number of hydrogen-bond donors (Lipinski definition) is 1. The zero-order chi connectivity index (χ0) is 23.8. The molecule has 1 aromatic heterocycles. The van der Waals surface area contributed by atoms with Gasteiger partial charge < -0.3 is 9.80 Å². The monoisotopic (exact) mass is 481 g/mol. The highest BCUT2D eigenvalue weighted by Gasteiger charge is 2.32. The molecule has 1 N–H and O–H groups in total. The van der Waals surface area contributed by atoms with Crippen LogP contribution in [0.15, 0.2) is 36.5 Å². The summed E-state index contributed by atoms with van der Waals surface area (Å²) in [6.07, 6.45) is -3.52. The number of carbonyl (C=O) groups excluding carboxylic acids is 3. The van der Waals surface area contributed by atoms with E-state index < -0.39 is 11.7 Å². The topological polar surface area (TPSA) is 85.9 Å². The van der Waals surface area contributed by atoms with Gasteiger partial charge >= 0.3 is 6.18 Å². The second-order valence-electron chi connectivity index (χ2n) is 7.62. The number of carbonyl (C=O) groups is 3. The average Bonchev–Trinajstić information content (AvgIpc) is 2.80. The fraction of sp³-hybridized carbons (Fsp3) is 0.333. The maximum Gasteiger partial charge on any atom is 0.417 e. The van der Waals surface area contributed by atoms with E-state index in [1.54, 1.807) is 34.1 Å². The number of anilines is 2. The second-order valence-corrected chi connectivity index (χ2v) is 8.02. The van der Waals surface area contributed by atoms with Crippen LogP contribution in [0.4, 0.5) is 24.7 Å². The van der Waals surface area contributed by atoms with Gasteiger partial charge in [-0.25, -0.2) is 9.99 Å².